The molecule has 2 heterocycles. The van der Waals surface area contributed by atoms with E-state index in [4.69, 9.17) is 22.1 Å². The minimum atomic E-state index is -0.260. The summed E-state index contributed by atoms with van der Waals surface area (Å²) in [4.78, 5) is 2.53. The molecule has 5 heteroatoms. The molecule has 5 rings (SSSR count). The predicted molar refractivity (Wildman–Crippen MR) is 140 cm³/mol. The molecule has 170 valence electrons. The largest absolute Gasteiger partial charge is 0.488 e. The molecule has 1 saturated heterocycles. The molecule has 0 saturated carbocycles. The van der Waals surface area contributed by atoms with Crippen LogP contribution in [0.2, 0.25) is 5.02 Å². The van der Waals surface area contributed by atoms with Crippen LogP contribution in [0.15, 0.2) is 77.3 Å². The first-order valence-electron chi connectivity index (χ1n) is 11.5. The number of halogens is 2. The Hall–Kier alpha value is -2.11. The van der Waals surface area contributed by atoms with E-state index in [0.717, 1.165) is 59.7 Å². The van der Waals surface area contributed by atoms with E-state index in [1.165, 1.54) is 22.3 Å². The maximum atomic E-state index is 6.77. The summed E-state index contributed by atoms with van der Waals surface area (Å²) in [6.07, 6.45) is 5.28. The fraction of sp³-hybridized carbons (Fsp3) is 0.286. The Kier molecular flexibility index (Phi) is 6.62. The summed E-state index contributed by atoms with van der Waals surface area (Å²) in [7, 11) is 0. The van der Waals surface area contributed by atoms with Gasteiger partial charge in [-0.15, -0.1) is 0 Å². The number of fused-ring (bicyclic) bond motifs is 2. The first-order valence-corrected chi connectivity index (χ1v) is 12.7. The quantitative estimate of drug-likeness (QED) is 0.410. The molecule has 0 unspecified atom stereocenters. The van der Waals surface area contributed by atoms with Crippen LogP contribution in [-0.2, 0) is 12.1 Å². The molecule has 1 fully saturated rings. The van der Waals surface area contributed by atoms with E-state index < -0.39 is 0 Å². The second-order valence-corrected chi connectivity index (χ2v) is 10.3. The third-order valence-corrected chi connectivity index (χ3v) is 7.63. The lowest BCUT2D eigenvalue weighted by molar-refractivity contribution is 0.164. The number of benzene rings is 3. The summed E-state index contributed by atoms with van der Waals surface area (Å²) in [5, 5.41) is 0.757. The SMILES string of the molecule is NC1(c2ccc(Cl)cc2)CCN(CCC=C2c3ccccc3COc3cc(Br)ccc32)CC1. The summed E-state index contributed by atoms with van der Waals surface area (Å²) in [5.74, 6) is 0.931. The van der Waals surface area contributed by atoms with E-state index in [-0.39, 0.29) is 5.54 Å². The van der Waals surface area contributed by atoms with Crippen molar-refractivity contribution in [1.29, 1.82) is 0 Å². The van der Waals surface area contributed by atoms with Gasteiger partial charge in [0.15, 0.2) is 0 Å². The minimum absolute atomic E-state index is 0.260. The predicted octanol–water partition coefficient (Wildman–Crippen LogP) is 6.77. The van der Waals surface area contributed by atoms with Gasteiger partial charge in [0.2, 0.25) is 0 Å². The van der Waals surface area contributed by atoms with Gasteiger partial charge in [0.1, 0.15) is 12.4 Å². The van der Waals surface area contributed by atoms with E-state index in [1.807, 2.05) is 12.1 Å². The molecular formula is C28H28BrClN2O. The summed E-state index contributed by atoms with van der Waals surface area (Å²) in [6, 6.07) is 22.9. The van der Waals surface area contributed by atoms with E-state index in [1.54, 1.807) is 0 Å². The van der Waals surface area contributed by atoms with Gasteiger partial charge in [-0.1, -0.05) is 70.0 Å². The molecule has 0 spiro atoms. The molecule has 33 heavy (non-hydrogen) atoms. The third kappa shape index (κ3) is 4.90. The Morgan fingerprint density at radius 3 is 2.55 bits per heavy atom. The van der Waals surface area contributed by atoms with Crippen molar-refractivity contribution in [2.24, 2.45) is 5.73 Å². The lowest BCUT2D eigenvalue weighted by atomic mass is 9.82. The van der Waals surface area contributed by atoms with Gasteiger partial charge in [-0.05, 0) is 71.9 Å². The fourth-order valence-electron chi connectivity index (χ4n) is 4.91. The maximum absolute atomic E-state index is 6.77. The summed E-state index contributed by atoms with van der Waals surface area (Å²) in [5.41, 5.74) is 12.6. The highest BCUT2D eigenvalue weighted by molar-refractivity contribution is 9.10. The second-order valence-electron chi connectivity index (χ2n) is 9.00. The van der Waals surface area contributed by atoms with Gasteiger partial charge in [-0.3, -0.25) is 0 Å². The lowest BCUT2D eigenvalue weighted by Gasteiger charge is -2.39. The second kappa shape index (κ2) is 9.63. The first kappa shape index (κ1) is 22.7. The van der Waals surface area contributed by atoms with E-state index in [9.17, 15) is 0 Å². The maximum Gasteiger partial charge on any atom is 0.128 e. The number of piperidine rings is 1. The Morgan fingerprint density at radius 2 is 1.76 bits per heavy atom. The van der Waals surface area contributed by atoms with Crippen molar-refractivity contribution < 1.29 is 4.74 Å². The van der Waals surface area contributed by atoms with Crippen LogP contribution in [0.5, 0.6) is 5.75 Å². The van der Waals surface area contributed by atoms with Crippen LogP contribution in [0, 0.1) is 0 Å². The van der Waals surface area contributed by atoms with Gasteiger partial charge >= 0.3 is 0 Å². The van der Waals surface area contributed by atoms with E-state index >= 15 is 0 Å². The van der Waals surface area contributed by atoms with Crippen LogP contribution < -0.4 is 10.5 Å². The number of nitrogens with two attached hydrogens (primary N) is 1. The van der Waals surface area contributed by atoms with Gasteiger partial charge in [0, 0.05) is 40.2 Å². The molecule has 0 aliphatic carbocycles. The first-order chi connectivity index (χ1) is 16.0. The lowest BCUT2D eigenvalue weighted by Crippen LogP contribution is -2.48. The van der Waals surface area contributed by atoms with E-state index in [2.05, 4.69) is 81.5 Å². The molecule has 3 nitrogen and oxygen atoms in total. The van der Waals surface area contributed by atoms with Crippen molar-refractivity contribution in [3.05, 3.63) is 105 Å². The number of ether oxygens (including phenoxy) is 1. The topological polar surface area (TPSA) is 38.5 Å². The van der Waals surface area contributed by atoms with Crippen LogP contribution in [0.25, 0.3) is 5.57 Å². The zero-order valence-corrected chi connectivity index (χ0v) is 20.9. The Bertz CT molecular complexity index is 1170. The summed E-state index contributed by atoms with van der Waals surface area (Å²) < 4.78 is 7.18. The zero-order chi connectivity index (χ0) is 22.8. The number of likely N-dealkylation sites (tertiary alicyclic amines) is 1. The Balaban J connectivity index is 1.30. The highest BCUT2D eigenvalue weighted by Gasteiger charge is 2.32. The van der Waals surface area contributed by atoms with Gasteiger partial charge in [0.25, 0.3) is 0 Å². The molecule has 3 aromatic carbocycles. The van der Waals surface area contributed by atoms with Crippen molar-refractivity contribution in [1.82, 2.24) is 4.90 Å². The van der Waals surface area contributed by atoms with Crippen LogP contribution in [-0.4, -0.2) is 24.5 Å². The van der Waals surface area contributed by atoms with Crippen LogP contribution in [0.4, 0.5) is 0 Å². The van der Waals surface area contributed by atoms with Gasteiger partial charge in [0.05, 0.1) is 0 Å². The highest BCUT2D eigenvalue weighted by Crippen LogP contribution is 2.38. The van der Waals surface area contributed by atoms with Crippen LogP contribution in [0.1, 0.15) is 41.5 Å². The smallest absolute Gasteiger partial charge is 0.128 e. The van der Waals surface area contributed by atoms with Crippen molar-refractivity contribution in [3.63, 3.8) is 0 Å². The normalized spacial score (nSPS) is 18.8. The van der Waals surface area contributed by atoms with Crippen molar-refractivity contribution in [2.45, 2.75) is 31.4 Å². The molecule has 2 N–H and O–H groups in total. The molecule has 0 atom stereocenters. The Labute approximate surface area is 209 Å². The van der Waals surface area contributed by atoms with Crippen LogP contribution in [0.3, 0.4) is 0 Å². The molecule has 2 aliphatic heterocycles. The van der Waals surface area contributed by atoms with Crippen molar-refractivity contribution >= 4 is 33.1 Å². The Morgan fingerprint density at radius 1 is 1.00 bits per heavy atom. The van der Waals surface area contributed by atoms with Gasteiger partial charge in [-0.2, -0.15) is 0 Å². The molecular weight excluding hydrogens is 496 g/mol. The average Bonchev–Trinajstić information content (AvgIpc) is 2.98. The van der Waals surface area contributed by atoms with Crippen LogP contribution >= 0.6 is 27.5 Å². The fourth-order valence-corrected chi connectivity index (χ4v) is 5.37. The minimum Gasteiger partial charge on any atom is -0.488 e. The summed E-state index contributed by atoms with van der Waals surface area (Å²) >= 11 is 9.64. The highest BCUT2D eigenvalue weighted by atomic mass is 79.9. The molecule has 3 aromatic rings. The number of hydrogen-bond donors (Lipinski definition) is 1. The van der Waals surface area contributed by atoms with Crippen molar-refractivity contribution in [2.75, 3.05) is 19.6 Å². The molecule has 2 aliphatic rings. The van der Waals surface area contributed by atoms with Crippen molar-refractivity contribution in [3.8, 4) is 5.75 Å². The van der Waals surface area contributed by atoms with E-state index in [0.29, 0.717) is 6.61 Å². The standard InChI is InChI=1S/C28H28BrClN2O/c29-22-9-12-26-25(24-5-2-1-4-20(24)19-33-27(26)18-22)6-3-15-32-16-13-28(31,14-17-32)21-7-10-23(30)11-8-21/h1-2,4-12,18H,3,13-17,19,31H2. The zero-order valence-electron chi connectivity index (χ0n) is 18.6. The molecule has 0 aromatic heterocycles. The average molecular weight is 524 g/mol. The number of nitrogens with zero attached hydrogens (tertiary/aromatic N) is 1. The number of rotatable bonds is 4. The summed E-state index contributed by atoms with van der Waals surface area (Å²) in [6.45, 7) is 3.62. The molecule has 0 bridgehead atoms. The van der Waals surface area contributed by atoms with Gasteiger partial charge < -0.3 is 15.4 Å². The monoisotopic (exact) mass is 522 g/mol. The number of hydrogen-bond acceptors (Lipinski definition) is 3. The van der Waals surface area contributed by atoms with Gasteiger partial charge in [-0.25, -0.2) is 0 Å². The molecule has 0 radical (unpaired) electrons. The third-order valence-electron chi connectivity index (χ3n) is 6.89. The molecule has 0 amide bonds.